The molecule has 0 bridgehead atoms. The average Bonchev–Trinajstić information content (AvgIpc) is 2.85. The van der Waals surface area contributed by atoms with Gasteiger partial charge in [-0.3, -0.25) is 0 Å². The first-order chi connectivity index (χ1) is 9.19. The van der Waals surface area contributed by atoms with Gasteiger partial charge in [-0.15, -0.1) is 0 Å². The maximum absolute atomic E-state index is 11.6. The van der Waals surface area contributed by atoms with E-state index in [9.17, 15) is 4.79 Å². The Labute approximate surface area is 111 Å². The molecule has 5 heteroatoms. The molecule has 1 N–H and O–H groups in total. The first-order valence-electron chi connectivity index (χ1n) is 5.83. The third-order valence-electron chi connectivity index (χ3n) is 2.64. The van der Waals surface area contributed by atoms with Crippen LogP contribution in [0.3, 0.4) is 0 Å². The summed E-state index contributed by atoms with van der Waals surface area (Å²) >= 11 is 0. The smallest absolute Gasteiger partial charge is 0.415 e. The summed E-state index contributed by atoms with van der Waals surface area (Å²) in [4.78, 5) is 11.6. The molecule has 1 aromatic heterocycles. The lowest BCUT2D eigenvalue weighted by atomic mass is 10.1. The van der Waals surface area contributed by atoms with Crippen molar-refractivity contribution in [3.63, 3.8) is 0 Å². The van der Waals surface area contributed by atoms with Crippen LogP contribution in [0.4, 0.5) is 4.79 Å². The van der Waals surface area contributed by atoms with E-state index in [1.54, 1.807) is 6.07 Å². The van der Waals surface area contributed by atoms with E-state index in [-0.39, 0.29) is 5.95 Å². The summed E-state index contributed by atoms with van der Waals surface area (Å²) in [6, 6.07) is 10.9. The van der Waals surface area contributed by atoms with Gasteiger partial charge in [0.15, 0.2) is 0 Å². The normalized spacial score (nSPS) is 10.0. The second-order valence-corrected chi connectivity index (χ2v) is 3.95. The summed E-state index contributed by atoms with van der Waals surface area (Å²) in [7, 11) is 1.47. The first kappa shape index (κ1) is 13.0. The Morgan fingerprint density at radius 1 is 1.21 bits per heavy atom. The molecule has 0 unspecified atom stereocenters. The number of benzene rings is 1. The van der Waals surface area contributed by atoms with Gasteiger partial charge in [0, 0.05) is 18.7 Å². The number of hydrogen-bond acceptors (Lipinski definition) is 4. The molecule has 0 aliphatic rings. The molecule has 0 aliphatic carbocycles. The molecule has 0 aliphatic heterocycles. The quantitative estimate of drug-likeness (QED) is 0.919. The third-order valence-corrected chi connectivity index (χ3v) is 2.64. The van der Waals surface area contributed by atoms with Crippen LogP contribution in [0.1, 0.15) is 11.1 Å². The highest BCUT2D eigenvalue weighted by molar-refractivity contribution is 5.69. The van der Waals surface area contributed by atoms with Crippen molar-refractivity contribution in [3.8, 4) is 11.9 Å². The van der Waals surface area contributed by atoms with Gasteiger partial charge in [0.25, 0.3) is 11.9 Å². The molecular formula is C14H15NO4. The fourth-order valence-electron chi connectivity index (χ4n) is 1.57. The van der Waals surface area contributed by atoms with Crippen LogP contribution in [-0.4, -0.2) is 13.2 Å². The van der Waals surface area contributed by atoms with E-state index in [1.807, 2.05) is 31.2 Å². The molecule has 0 radical (unpaired) electrons. The number of carbonyl (C=O) groups excluding carboxylic acids is 1. The largest absolute Gasteiger partial charge is 0.468 e. The Bertz CT molecular complexity index is 562. The van der Waals surface area contributed by atoms with E-state index in [2.05, 4.69) is 5.32 Å². The number of amides is 1. The molecule has 100 valence electrons. The van der Waals surface area contributed by atoms with Crippen molar-refractivity contribution in [2.24, 2.45) is 0 Å². The van der Waals surface area contributed by atoms with Crippen LogP contribution < -0.4 is 14.8 Å². The van der Waals surface area contributed by atoms with E-state index in [0.717, 1.165) is 11.1 Å². The van der Waals surface area contributed by atoms with Gasteiger partial charge in [-0.2, -0.15) is 0 Å². The molecule has 1 heterocycles. The number of nitrogens with one attached hydrogen (secondary N) is 1. The summed E-state index contributed by atoms with van der Waals surface area (Å²) in [5.41, 5.74) is 2.15. The number of carbonyl (C=O) groups is 1. The van der Waals surface area contributed by atoms with E-state index < -0.39 is 6.09 Å². The number of methoxy groups -OCH3 is 1. The topological polar surface area (TPSA) is 60.7 Å². The Morgan fingerprint density at radius 3 is 2.63 bits per heavy atom. The number of furan rings is 1. The predicted octanol–water partition coefficient (Wildman–Crippen LogP) is 2.89. The molecule has 0 saturated carbocycles. The van der Waals surface area contributed by atoms with Gasteiger partial charge >= 0.3 is 6.09 Å². The second-order valence-electron chi connectivity index (χ2n) is 3.95. The van der Waals surface area contributed by atoms with Gasteiger partial charge in [-0.1, -0.05) is 24.3 Å². The maximum Gasteiger partial charge on any atom is 0.415 e. The van der Waals surface area contributed by atoms with E-state index in [1.165, 1.54) is 13.2 Å². The second kappa shape index (κ2) is 5.95. The van der Waals surface area contributed by atoms with Gasteiger partial charge in [0.05, 0.1) is 7.11 Å². The van der Waals surface area contributed by atoms with Crippen LogP contribution in [0.25, 0.3) is 0 Å². The van der Waals surface area contributed by atoms with Crippen LogP contribution in [0, 0.1) is 6.92 Å². The molecular weight excluding hydrogens is 246 g/mol. The number of rotatable bonds is 4. The lowest BCUT2D eigenvalue weighted by Crippen LogP contribution is -2.26. The van der Waals surface area contributed by atoms with Crippen molar-refractivity contribution in [1.82, 2.24) is 5.32 Å². The summed E-state index contributed by atoms with van der Waals surface area (Å²) in [6.45, 7) is 2.39. The molecule has 5 nitrogen and oxygen atoms in total. The van der Waals surface area contributed by atoms with Gasteiger partial charge in [0.2, 0.25) is 0 Å². The highest BCUT2D eigenvalue weighted by Crippen LogP contribution is 2.21. The standard InChI is InChI=1S/C14H15NO4/c1-10-5-3-4-6-11(10)9-15-14(16)19-13-8-7-12(17-2)18-13/h3-8H,9H2,1-2H3,(H,15,16). The van der Waals surface area contributed by atoms with Crippen LogP contribution in [0.2, 0.25) is 0 Å². The summed E-state index contributed by atoms with van der Waals surface area (Å²) in [6.07, 6.45) is -0.569. The zero-order valence-corrected chi connectivity index (χ0v) is 10.8. The van der Waals surface area contributed by atoms with Crippen LogP contribution in [-0.2, 0) is 6.54 Å². The minimum atomic E-state index is -0.569. The Balaban J connectivity index is 1.86. The molecule has 1 aromatic carbocycles. The van der Waals surface area contributed by atoms with Gasteiger partial charge < -0.3 is 19.2 Å². The number of hydrogen-bond donors (Lipinski definition) is 1. The van der Waals surface area contributed by atoms with Crippen LogP contribution in [0.5, 0.6) is 11.9 Å². The zero-order chi connectivity index (χ0) is 13.7. The molecule has 2 aromatic rings. The minimum absolute atomic E-state index is 0.0964. The lowest BCUT2D eigenvalue weighted by Gasteiger charge is -2.06. The highest BCUT2D eigenvalue weighted by atomic mass is 16.7. The van der Waals surface area contributed by atoms with Crippen LogP contribution >= 0.6 is 0 Å². The van der Waals surface area contributed by atoms with Gasteiger partial charge in [0.1, 0.15) is 0 Å². The van der Waals surface area contributed by atoms with Crippen molar-refractivity contribution in [2.45, 2.75) is 13.5 Å². The summed E-state index contributed by atoms with van der Waals surface area (Å²) < 4.78 is 14.9. The van der Waals surface area contributed by atoms with Gasteiger partial charge in [-0.25, -0.2) is 4.79 Å². The summed E-state index contributed by atoms with van der Waals surface area (Å²) in [5, 5.41) is 2.65. The minimum Gasteiger partial charge on any atom is -0.468 e. The molecule has 0 spiro atoms. The Hall–Kier alpha value is -2.43. The highest BCUT2D eigenvalue weighted by Gasteiger charge is 2.09. The zero-order valence-electron chi connectivity index (χ0n) is 10.8. The van der Waals surface area contributed by atoms with E-state index >= 15 is 0 Å². The fraction of sp³-hybridized carbons (Fsp3) is 0.214. The van der Waals surface area contributed by atoms with Crippen molar-refractivity contribution < 1.29 is 18.7 Å². The Kier molecular flexibility index (Phi) is 4.07. The molecule has 0 fully saturated rings. The van der Waals surface area contributed by atoms with Crippen molar-refractivity contribution in [1.29, 1.82) is 0 Å². The fourth-order valence-corrected chi connectivity index (χ4v) is 1.57. The number of aryl methyl sites for hydroxylation is 1. The average molecular weight is 261 g/mol. The van der Waals surface area contributed by atoms with Gasteiger partial charge in [-0.05, 0) is 18.1 Å². The maximum atomic E-state index is 11.6. The summed E-state index contributed by atoms with van der Waals surface area (Å²) in [5.74, 6) is 0.390. The first-order valence-corrected chi connectivity index (χ1v) is 5.83. The lowest BCUT2D eigenvalue weighted by molar-refractivity contribution is 0.180. The number of ether oxygens (including phenoxy) is 2. The monoisotopic (exact) mass is 261 g/mol. The Morgan fingerprint density at radius 2 is 1.95 bits per heavy atom. The van der Waals surface area contributed by atoms with E-state index in [0.29, 0.717) is 12.5 Å². The van der Waals surface area contributed by atoms with E-state index in [4.69, 9.17) is 13.9 Å². The molecule has 19 heavy (non-hydrogen) atoms. The molecule has 0 atom stereocenters. The SMILES string of the molecule is COc1ccc(OC(=O)NCc2ccccc2C)o1. The molecule has 1 amide bonds. The van der Waals surface area contributed by atoms with Crippen molar-refractivity contribution in [2.75, 3.05) is 7.11 Å². The van der Waals surface area contributed by atoms with Crippen molar-refractivity contribution >= 4 is 6.09 Å². The van der Waals surface area contributed by atoms with Crippen molar-refractivity contribution in [3.05, 3.63) is 47.5 Å². The molecule has 0 saturated heterocycles. The third kappa shape index (κ3) is 3.51. The molecule has 2 rings (SSSR count). The van der Waals surface area contributed by atoms with Crippen LogP contribution in [0.15, 0.2) is 40.8 Å². The predicted molar refractivity (Wildman–Crippen MR) is 69.3 cm³/mol.